The summed E-state index contributed by atoms with van der Waals surface area (Å²) >= 11 is 5.65. The SMILES string of the molecule is ClCCCc1nc(C2CC3CCC2C3)no1. The average molecular weight is 241 g/mol. The maximum atomic E-state index is 5.65. The van der Waals surface area contributed by atoms with Crippen molar-refractivity contribution in [3.8, 4) is 0 Å². The molecule has 1 aromatic rings. The summed E-state index contributed by atoms with van der Waals surface area (Å²) in [6.45, 7) is 0. The minimum Gasteiger partial charge on any atom is -0.339 e. The standard InChI is InChI=1S/C12H17ClN2O/c13-5-1-2-11-14-12(15-16-11)10-7-8-3-4-9(10)6-8/h8-10H,1-7H2. The first kappa shape index (κ1) is 10.6. The molecule has 88 valence electrons. The molecule has 3 rings (SSSR count). The van der Waals surface area contributed by atoms with Gasteiger partial charge in [0.2, 0.25) is 5.89 Å². The predicted molar refractivity (Wildman–Crippen MR) is 61.5 cm³/mol. The van der Waals surface area contributed by atoms with E-state index in [1.165, 1.54) is 25.7 Å². The number of nitrogens with zero attached hydrogens (tertiary/aromatic N) is 2. The lowest BCUT2D eigenvalue weighted by Gasteiger charge is -2.17. The predicted octanol–water partition coefficient (Wildman–Crippen LogP) is 3.14. The Balaban J connectivity index is 1.68. The second-order valence-electron chi connectivity index (χ2n) is 5.12. The van der Waals surface area contributed by atoms with Crippen molar-refractivity contribution < 1.29 is 4.52 Å². The van der Waals surface area contributed by atoms with Gasteiger partial charge in [-0.05, 0) is 37.5 Å². The van der Waals surface area contributed by atoms with Crippen molar-refractivity contribution in [2.45, 2.75) is 44.4 Å². The molecule has 2 aliphatic carbocycles. The normalized spacial score (nSPS) is 32.4. The summed E-state index contributed by atoms with van der Waals surface area (Å²) < 4.78 is 5.27. The monoisotopic (exact) mass is 240 g/mol. The molecule has 0 amide bonds. The largest absolute Gasteiger partial charge is 0.339 e. The Morgan fingerprint density at radius 1 is 1.31 bits per heavy atom. The smallest absolute Gasteiger partial charge is 0.226 e. The summed E-state index contributed by atoms with van der Waals surface area (Å²) in [5.41, 5.74) is 0. The topological polar surface area (TPSA) is 38.9 Å². The van der Waals surface area contributed by atoms with Gasteiger partial charge in [-0.1, -0.05) is 11.6 Å². The van der Waals surface area contributed by atoms with E-state index in [1.807, 2.05) is 0 Å². The minimum atomic E-state index is 0.576. The van der Waals surface area contributed by atoms with Crippen molar-refractivity contribution in [2.24, 2.45) is 11.8 Å². The lowest BCUT2D eigenvalue weighted by Crippen LogP contribution is -2.10. The van der Waals surface area contributed by atoms with Gasteiger partial charge in [0.05, 0.1) is 0 Å². The lowest BCUT2D eigenvalue weighted by atomic mass is 9.88. The Kier molecular flexibility index (Phi) is 2.88. The highest BCUT2D eigenvalue weighted by Crippen LogP contribution is 2.52. The van der Waals surface area contributed by atoms with E-state index in [4.69, 9.17) is 16.1 Å². The van der Waals surface area contributed by atoms with Crippen LogP contribution in [0.2, 0.25) is 0 Å². The number of halogens is 1. The molecular weight excluding hydrogens is 224 g/mol. The summed E-state index contributed by atoms with van der Waals surface area (Å²) in [5, 5.41) is 4.14. The molecule has 1 aromatic heterocycles. The Labute approximate surface area is 101 Å². The first-order valence-corrected chi connectivity index (χ1v) is 6.78. The summed E-state index contributed by atoms with van der Waals surface area (Å²) in [6, 6.07) is 0. The van der Waals surface area contributed by atoms with Crippen LogP contribution in [-0.2, 0) is 6.42 Å². The molecule has 0 radical (unpaired) electrons. The van der Waals surface area contributed by atoms with Crippen LogP contribution in [0.1, 0.15) is 49.7 Å². The van der Waals surface area contributed by atoms with Crippen LogP contribution >= 0.6 is 11.6 Å². The van der Waals surface area contributed by atoms with E-state index < -0.39 is 0 Å². The highest BCUT2D eigenvalue weighted by molar-refractivity contribution is 6.17. The van der Waals surface area contributed by atoms with Crippen LogP contribution in [0.15, 0.2) is 4.52 Å². The Hall–Kier alpha value is -0.570. The van der Waals surface area contributed by atoms with Crippen molar-refractivity contribution in [2.75, 3.05) is 5.88 Å². The van der Waals surface area contributed by atoms with Gasteiger partial charge in [0.15, 0.2) is 5.82 Å². The molecule has 0 saturated heterocycles. The van der Waals surface area contributed by atoms with Gasteiger partial charge in [-0.25, -0.2) is 0 Å². The van der Waals surface area contributed by atoms with Gasteiger partial charge in [-0.3, -0.25) is 0 Å². The van der Waals surface area contributed by atoms with Crippen molar-refractivity contribution in [3.63, 3.8) is 0 Å². The van der Waals surface area contributed by atoms with Gasteiger partial charge in [-0.2, -0.15) is 4.98 Å². The molecule has 0 aliphatic heterocycles. The highest BCUT2D eigenvalue weighted by atomic mass is 35.5. The zero-order valence-corrected chi connectivity index (χ0v) is 10.1. The summed E-state index contributed by atoms with van der Waals surface area (Å²) in [4.78, 5) is 4.51. The van der Waals surface area contributed by atoms with E-state index in [0.717, 1.165) is 36.4 Å². The fourth-order valence-corrected chi connectivity index (χ4v) is 3.43. The molecule has 3 atom stereocenters. The maximum Gasteiger partial charge on any atom is 0.226 e. The van der Waals surface area contributed by atoms with Crippen LogP contribution in [-0.4, -0.2) is 16.0 Å². The molecule has 1 heterocycles. The van der Waals surface area contributed by atoms with Gasteiger partial charge in [0, 0.05) is 18.2 Å². The Morgan fingerprint density at radius 3 is 2.94 bits per heavy atom. The van der Waals surface area contributed by atoms with Crippen LogP contribution in [0.3, 0.4) is 0 Å². The van der Waals surface area contributed by atoms with Crippen LogP contribution in [0, 0.1) is 11.8 Å². The molecule has 16 heavy (non-hydrogen) atoms. The molecule has 2 aliphatic rings. The van der Waals surface area contributed by atoms with Crippen LogP contribution in [0.4, 0.5) is 0 Å². The molecule has 2 saturated carbocycles. The first-order valence-electron chi connectivity index (χ1n) is 6.25. The van der Waals surface area contributed by atoms with Crippen molar-refractivity contribution in [1.29, 1.82) is 0 Å². The molecular formula is C12H17ClN2O. The third-order valence-corrected chi connectivity index (χ3v) is 4.35. The molecule has 0 N–H and O–H groups in total. The Bertz CT molecular complexity index is 366. The van der Waals surface area contributed by atoms with E-state index in [0.29, 0.717) is 11.8 Å². The third-order valence-electron chi connectivity index (χ3n) is 4.08. The highest BCUT2D eigenvalue weighted by Gasteiger charge is 2.42. The fraction of sp³-hybridized carbons (Fsp3) is 0.833. The van der Waals surface area contributed by atoms with Gasteiger partial charge < -0.3 is 4.52 Å². The molecule has 2 fully saturated rings. The fourth-order valence-electron chi connectivity index (χ4n) is 3.30. The van der Waals surface area contributed by atoms with Crippen molar-refractivity contribution in [1.82, 2.24) is 10.1 Å². The summed E-state index contributed by atoms with van der Waals surface area (Å²) in [6.07, 6.45) is 7.17. The van der Waals surface area contributed by atoms with Crippen molar-refractivity contribution >= 4 is 11.6 Å². The van der Waals surface area contributed by atoms with E-state index in [-0.39, 0.29) is 0 Å². The van der Waals surface area contributed by atoms with Crippen LogP contribution < -0.4 is 0 Å². The number of fused-ring (bicyclic) bond motifs is 2. The van der Waals surface area contributed by atoms with E-state index in [9.17, 15) is 0 Å². The van der Waals surface area contributed by atoms with Gasteiger partial charge in [0.25, 0.3) is 0 Å². The quantitative estimate of drug-likeness (QED) is 0.759. The number of rotatable bonds is 4. The molecule has 0 aromatic carbocycles. The zero-order valence-electron chi connectivity index (χ0n) is 9.36. The minimum absolute atomic E-state index is 0.576. The van der Waals surface area contributed by atoms with Crippen molar-refractivity contribution in [3.05, 3.63) is 11.7 Å². The van der Waals surface area contributed by atoms with Gasteiger partial charge >= 0.3 is 0 Å². The van der Waals surface area contributed by atoms with Crippen LogP contribution in [0.25, 0.3) is 0 Å². The van der Waals surface area contributed by atoms with Gasteiger partial charge in [-0.15, -0.1) is 11.6 Å². The number of alkyl halides is 1. The second-order valence-corrected chi connectivity index (χ2v) is 5.50. The van der Waals surface area contributed by atoms with E-state index in [2.05, 4.69) is 10.1 Å². The maximum absolute atomic E-state index is 5.65. The summed E-state index contributed by atoms with van der Waals surface area (Å²) in [5.74, 6) is 4.71. The molecule has 3 nitrogen and oxygen atoms in total. The van der Waals surface area contributed by atoms with Crippen LogP contribution in [0.5, 0.6) is 0 Å². The second kappa shape index (κ2) is 4.36. The van der Waals surface area contributed by atoms with E-state index >= 15 is 0 Å². The Morgan fingerprint density at radius 2 is 2.25 bits per heavy atom. The molecule has 3 unspecified atom stereocenters. The molecule has 4 heteroatoms. The number of aryl methyl sites for hydroxylation is 1. The third kappa shape index (κ3) is 1.86. The lowest BCUT2D eigenvalue weighted by molar-refractivity contribution is 0.351. The number of aromatic nitrogens is 2. The zero-order chi connectivity index (χ0) is 11.0. The molecule has 0 spiro atoms. The first-order chi connectivity index (χ1) is 7.86. The van der Waals surface area contributed by atoms with E-state index in [1.54, 1.807) is 0 Å². The number of hydrogen-bond acceptors (Lipinski definition) is 3. The average Bonchev–Trinajstić information content (AvgIpc) is 3.01. The summed E-state index contributed by atoms with van der Waals surface area (Å²) in [7, 11) is 0. The van der Waals surface area contributed by atoms with Gasteiger partial charge in [0.1, 0.15) is 0 Å². The molecule has 2 bridgehead atoms. The number of hydrogen-bond donors (Lipinski definition) is 0.